The normalized spacial score (nSPS) is 26.8. The summed E-state index contributed by atoms with van der Waals surface area (Å²) in [6.07, 6.45) is 1.93. The van der Waals surface area contributed by atoms with Crippen LogP contribution in [0, 0.1) is 6.92 Å². The van der Waals surface area contributed by atoms with Crippen LogP contribution in [0.5, 0.6) is 0 Å². The first-order valence-electron chi connectivity index (χ1n) is 8.73. The van der Waals surface area contributed by atoms with Gasteiger partial charge >= 0.3 is 0 Å². The molecule has 5 heteroatoms. The van der Waals surface area contributed by atoms with Gasteiger partial charge in [0.2, 0.25) is 0 Å². The minimum Gasteiger partial charge on any atom is -0.451 e. The van der Waals surface area contributed by atoms with E-state index in [0.29, 0.717) is 25.5 Å². The summed E-state index contributed by atoms with van der Waals surface area (Å²) < 4.78 is 17.7. The number of fused-ring (bicyclic) bond motifs is 3. The summed E-state index contributed by atoms with van der Waals surface area (Å²) in [5, 5.41) is 0.998. The average Bonchev–Trinajstić information content (AvgIpc) is 3.06. The number of aryl methyl sites for hydroxylation is 1. The molecule has 0 radical (unpaired) electrons. The van der Waals surface area contributed by atoms with Crippen LogP contribution in [0.15, 0.2) is 28.7 Å². The van der Waals surface area contributed by atoms with Gasteiger partial charge in [-0.25, -0.2) is 0 Å². The predicted molar refractivity (Wildman–Crippen MR) is 90.2 cm³/mol. The maximum atomic E-state index is 13.2. The molecule has 1 saturated carbocycles. The van der Waals surface area contributed by atoms with E-state index in [1.54, 1.807) is 0 Å². The number of rotatable bonds is 3. The van der Waals surface area contributed by atoms with E-state index in [1.807, 2.05) is 43.0 Å². The molecule has 1 aliphatic carbocycles. The SMILES string of the molecule is CCO[C@H]1[C@H]2CC[C@H]1OCCN2C(=O)c1oc2ccccc2c1C. The Hall–Kier alpha value is -1.85. The highest BCUT2D eigenvalue weighted by molar-refractivity contribution is 5.99. The molecule has 1 saturated heterocycles. The molecule has 2 fully saturated rings. The van der Waals surface area contributed by atoms with Crippen LogP contribution in [0.3, 0.4) is 0 Å². The highest BCUT2D eigenvalue weighted by Crippen LogP contribution is 2.34. The van der Waals surface area contributed by atoms with Gasteiger partial charge in [0.15, 0.2) is 5.76 Å². The lowest BCUT2D eigenvalue weighted by Gasteiger charge is -2.30. The number of para-hydroxylation sites is 1. The second kappa shape index (κ2) is 6.22. The van der Waals surface area contributed by atoms with Crippen LogP contribution in [-0.2, 0) is 9.47 Å². The third-order valence-electron chi connectivity index (χ3n) is 5.21. The van der Waals surface area contributed by atoms with E-state index in [4.69, 9.17) is 13.9 Å². The molecule has 24 heavy (non-hydrogen) atoms. The Labute approximate surface area is 141 Å². The first-order chi connectivity index (χ1) is 11.7. The average molecular weight is 329 g/mol. The lowest BCUT2D eigenvalue weighted by Crippen LogP contribution is -2.46. The molecule has 1 aromatic heterocycles. The molecule has 1 aliphatic heterocycles. The third-order valence-corrected chi connectivity index (χ3v) is 5.21. The summed E-state index contributed by atoms with van der Waals surface area (Å²) in [4.78, 5) is 15.1. The molecule has 1 amide bonds. The van der Waals surface area contributed by atoms with Gasteiger partial charge in [-0.1, -0.05) is 18.2 Å². The molecule has 0 unspecified atom stereocenters. The molecular formula is C19H23NO4. The van der Waals surface area contributed by atoms with Crippen LogP contribution >= 0.6 is 0 Å². The fourth-order valence-corrected chi connectivity index (χ4v) is 4.06. The Morgan fingerprint density at radius 3 is 2.96 bits per heavy atom. The van der Waals surface area contributed by atoms with Crippen molar-refractivity contribution in [3.05, 3.63) is 35.6 Å². The monoisotopic (exact) mass is 329 g/mol. The second-order valence-corrected chi connectivity index (χ2v) is 6.52. The summed E-state index contributed by atoms with van der Waals surface area (Å²) >= 11 is 0. The molecule has 0 N–H and O–H groups in total. The number of amides is 1. The largest absolute Gasteiger partial charge is 0.451 e. The molecule has 2 bridgehead atoms. The van der Waals surface area contributed by atoms with Crippen molar-refractivity contribution in [2.75, 3.05) is 19.8 Å². The molecule has 0 spiro atoms. The Kier molecular flexibility index (Phi) is 4.06. The Balaban J connectivity index is 1.68. The number of nitrogens with zero attached hydrogens (tertiary/aromatic N) is 1. The van der Waals surface area contributed by atoms with Crippen molar-refractivity contribution in [3.63, 3.8) is 0 Å². The smallest absolute Gasteiger partial charge is 0.290 e. The van der Waals surface area contributed by atoms with E-state index < -0.39 is 0 Å². The van der Waals surface area contributed by atoms with Gasteiger partial charge in [0.25, 0.3) is 5.91 Å². The van der Waals surface area contributed by atoms with Gasteiger partial charge in [0.1, 0.15) is 11.7 Å². The molecule has 2 aromatic rings. The van der Waals surface area contributed by atoms with Crippen LogP contribution in [0.25, 0.3) is 11.0 Å². The van der Waals surface area contributed by atoms with E-state index in [1.165, 1.54) is 0 Å². The highest BCUT2D eigenvalue weighted by atomic mass is 16.5. The van der Waals surface area contributed by atoms with Crippen LogP contribution < -0.4 is 0 Å². The van der Waals surface area contributed by atoms with Crippen LogP contribution in [0.4, 0.5) is 0 Å². The molecular weight excluding hydrogens is 306 g/mol. The molecule has 3 atom stereocenters. The van der Waals surface area contributed by atoms with E-state index >= 15 is 0 Å². The standard InChI is InChI=1S/C19H23NO4/c1-3-22-18-14-8-9-16(18)23-11-10-20(14)19(21)17-12(2)13-6-4-5-7-15(13)24-17/h4-7,14,16,18H,3,8-11H2,1-2H3/t14-,16-,18+/m1/s1. The highest BCUT2D eigenvalue weighted by Gasteiger charge is 2.45. The second-order valence-electron chi connectivity index (χ2n) is 6.52. The van der Waals surface area contributed by atoms with Gasteiger partial charge in [-0.3, -0.25) is 4.79 Å². The van der Waals surface area contributed by atoms with E-state index in [2.05, 4.69) is 0 Å². The van der Waals surface area contributed by atoms with Crippen LogP contribution in [-0.4, -0.2) is 48.8 Å². The Morgan fingerprint density at radius 1 is 1.33 bits per heavy atom. The van der Waals surface area contributed by atoms with Crippen LogP contribution in [0.1, 0.15) is 35.9 Å². The molecule has 2 aliphatic rings. The van der Waals surface area contributed by atoms with Gasteiger partial charge in [0.05, 0.1) is 18.8 Å². The van der Waals surface area contributed by atoms with Crippen molar-refractivity contribution in [3.8, 4) is 0 Å². The van der Waals surface area contributed by atoms with Crippen molar-refractivity contribution in [2.24, 2.45) is 0 Å². The van der Waals surface area contributed by atoms with Crippen molar-refractivity contribution in [1.82, 2.24) is 4.90 Å². The number of carbonyl (C=O) groups is 1. The maximum Gasteiger partial charge on any atom is 0.290 e. The summed E-state index contributed by atoms with van der Waals surface area (Å²) in [6.45, 7) is 5.70. The first kappa shape index (κ1) is 15.7. The summed E-state index contributed by atoms with van der Waals surface area (Å²) in [5.41, 5.74) is 1.67. The Bertz CT molecular complexity index is 753. The van der Waals surface area contributed by atoms with Gasteiger partial charge in [-0.05, 0) is 32.8 Å². The topological polar surface area (TPSA) is 51.9 Å². The quantitative estimate of drug-likeness (QED) is 0.868. The van der Waals surface area contributed by atoms with Crippen molar-refractivity contribution < 1.29 is 18.7 Å². The fraction of sp³-hybridized carbons (Fsp3) is 0.526. The summed E-state index contributed by atoms with van der Waals surface area (Å²) in [7, 11) is 0. The number of hydrogen-bond donors (Lipinski definition) is 0. The van der Waals surface area contributed by atoms with Gasteiger partial charge in [0, 0.05) is 24.1 Å². The maximum absolute atomic E-state index is 13.2. The molecule has 2 heterocycles. The zero-order chi connectivity index (χ0) is 16.7. The van der Waals surface area contributed by atoms with Gasteiger partial charge in [-0.2, -0.15) is 0 Å². The van der Waals surface area contributed by atoms with Crippen molar-refractivity contribution >= 4 is 16.9 Å². The first-order valence-corrected chi connectivity index (χ1v) is 8.73. The minimum atomic E-state index is -0.0513. The lowest BCUT2D eigenvalue weighted by molar-refractivity contribution is -0.0485. The number of ether oxygens (including phenoxy) is 2. The number of benzene rings is 1. The van der Waals surface area contributed by atoms with Gasteiger partial charge < -0.3 is 18.8 Å². The molecule has 4 rings (SSSR count). The van der Waals surface area contributed by atoms with E-state index in [9.17, 15) is 4.79 Å². The molecule has 1 aromatic carbocycles. The molecule has 128 valence electrons. The van der Waals surface area contributed by atoms with Gasteiger partial charge in [-0.15, -0.1) is 0 Å². The fourth-order valence-electron chi connectivity index (χ4n) is 4.06. The predicted octanol–water partition coefficient (Wildman–Crippen LogP) is 3.15. The van der Waals surface area contributed by atoms with Crippen molar-refractivity contribution in [2.45, 2.75) is 44.9 Å². The minimum absolute atomic E-state index is 0.0360. The zero-order valence-electron chi connectivity index (χ0n) is 14.2. The summed E-state index contributed by atoms with van der Waals surface area (Å²) in [6, 6.07) is 7.85. The zero-order valence-corrected chi connectivity index (χ0v) is 14.2. The lowest BCUT2D eigenvalue weighted by atomic mass is 10.1. The van der Waals surface area contributed by atoms with E-state index in [-0.39, 0.29) is 24.2 Å². The Morgan fingerprint density at radius 2 is 2.17 bits per heavy atom. The number of hydrogen-bond acceptors (Lipinski definition) is 4. The molecule has 5 nitrogen and oxygen atoms in total. The van der Waals surface area contributed by atoms with Crippen molar-refractivity contribution in [1.29, 1.82) is 0 Å². The number of furan rings is 1. The summed E-state index contributed by atoms with van der Waals surface area (Å²) in [5.74, 6) is 0.390. The third kappa shape index (κ3) is 2.43. The number of carbonyl (C=O) groups excluding carboxylic acids is 1. The van der Waals surface area contributed by atoms with Crippen LogP contribution in [0.2, 0.25) is 0 Å². The van der Waals surface area contributed by atoms with E-state index in [0.717, 1.165) is 29.4 Å².